The summed E-state index contributed by atoms with van der Waals surface area (Å²) in [6.45, 7) is 4.74. The minimum atomic E-state index is 0.252. The summed E-state index contributed by atoms with van der Waals surface area (Å²) < 4.78 is 1.77. The molecular weight excluding hydrogens is 250 g/mol. The monoisotopic (exact) mass is 265 g/mol. The predicted molar refractivity (Wildman–Crippen MR) is 71.7 cm³/mol. The van der Waals surface area contributed by atoms with Gasteiger partial charge >= 0.3 is 0 Å². The molecule has 0 fully saturated rings. The molecule has 0 saturated carbocycles. The van der Waals surface area contributed by atoms with E-state index in [4.69, 9.17) is 11.6 Å². The number of halogens is 1. The van der Waals surface area contributed by atoms with E-state index in [0.29, 0.717) is 11.7 Å². The molecule has 0 bridgehead atoms. The second kappa shape index (κ2) is 5.35. The smallest absolute Gasteiger partial charge is 0.135 e. The number of anilines is 1. The quantitative estimate of drug-likeness (QED) is 0.864. The summed E-state index contributed by atoms with van der Waals surface area (Å²) >= 11 is 5.97. The fourth-order valence-corrected chi connectivity index (χ4v) is 1.73. The molecule has 2 heterocycles. The Kier molecular flexibility index (Phi) is 3.81. The van der Waals surface area contributed by atoms with Gasteiger partial charge in [-0.2, -0.15) is 5.10 Å². The zero-order valence-electron chi connectivity index (χ0n) is 10.7. The Balaban J connectivity index is 2.09. The standard InChI is InChI=1S/C12H16ClN5/c1-8(2)12-16-10(13)4-11(17-12)14-5-9-6-15-18(3)7-9/h4,6-8H,5H2,1-3H3,(H,14,16,17). The summed E-state index contributed by atoms with van der Waals surface area (Å²) in [6.07, 6.45) is 3.78. The molecule has 6 heteroatoms. The van der Waals surface area contributed by atoms with Crippen molar-refractivity contribution in [2.45, 2.75) is 26.3 Å². The number of aryl methyl sites for hydroxylation is 1. The zero-order valence-corrected chi connectivity index (χ0v) is 11.4. The van der Waals surface area contributed by atoms with E-state index in [1.54, 1.807) is 10.7 Å². The van der Waals surface area contributed by atoms with E-state index < -0.39 is 0 Å². The second-order valence-corrected chi connectivity index (χ2v) is 4.85. The van der Waals surface area contributed by atoms with E-state index in [1.807, 2.05) is 33.3 Å². The van der Waals surface area contributed by atoms with Gasteiger partial charge in [0.1, 0.15) is 16.8 Å². The van der Waals surface area contributed by atoms with E-state index in [2.05, 4.69) is 20.4 Å². The molecule has 2 rings (SSSR count). The average molecular weight is 266 g/mol. The van der Waals surface area contributed by atoms with Gasteiger partial charge in [0.15, 0.2) is 0 Å². The summed E-state index contributed by atoms with van der Waals surface area (Å²) in [6, 6.07) is 1.73. The summed E-state index contributed by atoms with van der Waals surface area (Å²) in [4.78, 5) is 8.61. The van der Waals surface area contributed by atoms with E-state index in [9.17, 15) is 0 Å². The van der Waals surface area contributed by atoms with E-state index in [0.717, 1.165) is 17.2 Å². The third-order valence-corrected chi connectivity index (χ3v) is 2.65. The van der Waals surface area contributed by atoms with Crippen molar-refractivity contribution in [3.63, 3.8) is 0 Å². The highest BCUT2D eigenvalue weighted by atomic mass is 35.5. The van der Waals surface area contributed by atoms with Crippen molar-refractivity contribution in [1.82, 2.24) is 19.7 Å². The molecule has 0 radical (unpaired) electrons. The van der Waals surface area contributed by atoms with Crippen LogP contribution in [0.4, 0.5) is 5.82 Å². The van der Waals surface area contributed by atoms with Crippen LogP contribution < -0.4 is 5.32 Å². The molecule has 1 N–H and O–H groups in total. The van der Waals surface area contributed by atoms with Crippen LogP contribution in [0.25, 0.3) is 0 Å². The van der Waals surface area contributed by atoms with Gasteiger partial charge in [-0.1, -0.05) is 25.4 Å². The van der Waals surface area contributed by atoms with Crippen LogP contribution in [0.5, 0.6) is 0 Å². The number of nitrogens with zero attached hydrogens (tertiary/aromatic N) is 4. The lowest BCUT2D eigenvalue weighted by Crippen LogP contribution is -2.05. The molecular formula is C12H16ClN5. The zero-order chi connectivity index (χ0) is 13.1. The summed E-state index contributed by atoms with van der Waals surface area (Å²) in [7, 11) is 1.89. The van der Waals surface area contributed by atoms with Crippen molar-refractivity contribution in [3.05, 3.63) is 35.0 Å². The first-order valence-corrected chi connectivity index (χ1v) is 6.18. The van der Waals surface area contributed by atoms with Crippen molar-refractivity contribution in [1.29, 1.82) is 0 Å². The number of rotatable bonds is 4. The lowest BCUT2D eigenvalue weighted by atomic mass is 10.2. The van der Waals surface area contributed by atoms with Gasteiger partial charge in [-0.15, -0.1) is 0 Å². The first-order valence-electron chi connectivity index (χ1n) is 5.80. The van der Waals surface area contributed by atoms with Crippen LogP contribution in [0.15, 0.2) is 18.5 Å². The van der Waals surface area contributed by atoms with Crippen LogP contribution in [-0.2, 0) is 13.6 Å². The van der Waals surface area contributed by atoms with Gasteiger partial charge < -0.3 is 5.32 Å². The molecule has 0 saturated heterocycles. The summed E-state index contributed by atoms with van der Waals surface area (Å²) in [5.74, 6) is 1.74. The largest absolute Gasteiger partial charge is 0.366 e. The Morgan fingerprint density at radius 3 is 2.78 bits per heavy atom. The Hall–Kier alpha value is -1.62. The molecule has 0 aliphatic heterocycles. The molecule has 0 spiro atoms. The highest BCUT2D eigenvalue weighted by Crippen LogP contribution is 2.17. The van der Waals surface area contributed by atoms with Crippen LogP contribution in [0, 0.1) is 0 Å². The van der Waals surface area contributed by atoms with Crippen LogP contribution in [0.3, 0.4) is 0 Å². The van der Waals surface area contributed by atoms with Gasteiger partial charge in [-0.3, -0.25) is 4.68 Å². The van der Waals surface area contributed by atoms with E-state index in [1.165, 1.54) is 0 Å². The third kappa shape index (κ3) is 3.20. The maximum absolute atomic E-state index is 5.97. The Bertz CT molecular complexity index is 535. The van der Waals surface area contributed by atoms with Crippen LogP contribution in [0.1, 0.15) is 31.2 Å². The minimum Gasteiger partial charge on any atom is -0.366 e. The maximum Gasteiger partial charge on any atom is 0.135 e. The maximum atomic E-state index is 5.97. The van der Waals surface area contributed by atoms with Gasteiger partial charge in [0.05, 0.1) is 6.20 Å². The predicted octanol–water partition coefficient (Wildman–Crippen LogP) is 2.60. The number of aromatic nitrogens is 4. The fraction of sp³-hybridized carbons (Fsp3) is 0.417. The molecule has 0 amide bonds. The van der Waals surface area contributed by atoms with Crippen molar-refractivity contribution < 1.29 is 0 Å². The van der Waals surface area contributed by atoms with Crippen LogP contribution >= 0.6 is 11.6 Å². The number of hydrogen-bond acceptors (Lipinski definition) is 4. The summed E-state index contributed by atoms with van der Waals surface area (Å²) in [5, 5.41) is 7.79. The molecule has 2 aromatic heterocycles. The van der Waals surface area contributed by atoms with E-state index in [-0.39, 0.29) is 5.92 Å². The SMILES string of the molecule is CC(C)c1nc(Cl)cc(NCc2cnn(C)c2)n1. The van der Waals surface area contributed by atoms with Gasteiger partial charge in [0, 0.05) is 37.3 Å². The summed E-state index contributed by atoms with van der Waals surface area (Å²) in [5.41, 5.74) is 1.10. The van der Waals surface area contributed by atoms with Crippen LogP contribution in [0.2, 0.25) is 5.15 Å². The highest BCUT2D eigenvalue weighted by molar-refractivity contribution is 6.29. The minimum absolute atomic E-state index is 0.252. The molecule has 2 aromatic rings. The van der Waals surface area contributed by atoms with Crippen molar-refractivity contribution >= 4 is 17.4 Å². The third-order valence-electron chi connectivity index (χ3n) is 2.46. The van der Waals surface area contributed by atoms with Gasteiger partial charge in [0.2, 0.25) is 0 Å². The molecule has 96 valence electrons. The Labute approximate surface area is 111 Å². The number of nitrogens with one attached hydrogen (secondary N) is 1. The Morgan fingerprint density at radius 1 is 1.39 bits per heavy atom. The topological polar surface area (TPSA) is 55.6 Å². The Morgan fingerprint density at radius 2 is 2.17 bits per heavy atom. The van der Waals surface area contributed by atoms with Gasteiger partial charge in [-0.25, -0.2) is 9.97 Å². The molecule has 5 nitrogen and oxygen atoms in total. The van der Waals surface area contributed by atoms with Crippen molar-refractivity contribution in [2.24, 2.45) is 7.05 Å². The lowest BCUT2D eigenvalue weighted by molar-refractivity contribution is 0.766. The fourth-order valence-electron chi connectivity index (χ4n) is 1.54. The first kappa shape index (κ1) is 12.8. The molecule has 0 aromatic carbocycles. The normalized spacial score (nSPS) is 10.9. The molecule has 0 aliphatic rings. The molecule has 18 heavy (non-hydrogen) atoms. The highest BCUT2D eigenvalue weighted by Gasteiger charge is 2.07. The number of hydrogen-bond donors (Lipinski definition) is 1. The van der Waals surface area contributed by atoms with Crippen LogP contribution in [-0.4, -0.2) is 19.7 Å². The van der Waals surface area contributed by atoms with Crippen molar-refractivity contribution in [2.75, 3.05) is 5.32 Å². The second-order valence-electron chi connectivity index (χ2n) is 4.46. The van der Waals surface area contributed by atoms with Gasteiger partial charge in [0.25, 0.3) is 0 Å². The lowest BCUT2D eigenvalue weighted by Gasteiger charge is -2.08. The van der Waals surface area contributed by atoms with E-state index >= 15 is 0 Å². The average Bonchev–Trinajstić information content (AvgIpc) is 2.72. The molecule has 0 unspecified atom stereocenters. The first-order chi connectivity index (χ1) is 8.54. The molecule has 0 aliphatic carbocycles. The molecule has 0 atom stereocenters. The van der Waals surface area contributed by atoms with Gasteiger partial charge in [-0.05, 0) is 0 Å². The van der Waals surface area contributed by atoms with Crippen molar-refractivity contribution in [3.8, 4) is 0 Å².